The van der Waals surface area contributed by atoms with Gasteiger partial charge in [-0.15, -0.1) is 0 Å². The molecule has 1 aromatic heterocycles. The van der Waals surface area contributed by atoms with Crippen LogP contribution >= 0.6 is 39.3 Å². The van der Waals surface area contributed by atoms with Crippen LogP contribution in [-0.4, -0.2) is 34.2 Å². The number of carbonyl (C=O) groups excluding carboxylic acids is 3. The monoisotopic (exact) mass is 471 g/mol. The molecule has 0 saturated carbocycles. The first kappa shape index (κ1) is 19.5. The number of imide groups is 1. The number of furan rings is 1. The van der Waals surface area contributed by atoms with Gasteiger partial charge in [0.25, 0.3) is 11.1 Å². The number of carbonyl (C=O) groups is 3. The molecule has 1 N–H and O–H groups in total. The molecule has 10 heteroatoms. The first-order valence-corrected chi connectivity index (χ1v) is 9.39. The lowest BCUT2D eigenvalue weighted by atomic mass is 10.2. The van der Waals surface area contributed by atoms with E-state index in [1.165, 1.54) is 31.4 Å². The van der Waals surface area contributed by atoms with Gasteiger partial charge in [-0.3, -0.25) is 14.5 Å². The van der Waals surface area contributed by atoms with Crippen molar-refractivity contribution in [2.75, 3.05) is 7.11 Å². The van der Waals surface area contributed by atoms with Crippen molar-refractivity contribution in [1.82, 2.24) is 4.90 Å². The lowest BCUT2D eigenvalue weighted by Gasteiger charge is -2.10. The summed E-state index contributed by atoms with van der Waals surface area (Å²) in [4.78, 5) is 37.4. The molecule has 0 radical (unpaired) electrons. The molecule has 0 spiro atoms. The Labute approximate surface area is 171 Å². The number of hydrogen-bond acceptors (Lipinski definition) is 7. The van der Waals surface area contributed by atoms with Gasteiger partial charge in [-0.05, 0) is 63.6 Å². The van der Waals surface area contributed by atoms with Crippen LogP contribution in [0.15, 0.2) is 38.1 Å². The van der Waals surface area contributed by atoms with Gasteiger partial charge in [0.1, 0.15) is 11.5 Å². The standard InChI is InChI=1S/C17H11BrClNO6S/c1-25-16(23)12-3-2-9(26-12)7-20-15(22)13(27-17(20)24)6-8-4-10(18)14(21)11(19)5-8/h2-6,21H,7H2,1H3. The summed E-state index contributed by atoms with van der Waals surface area (Å²) < 4.78 is 10.2. The van der Waals surface area contributed by atoms with Crippen molar-refractivity contribution < 1.29 is 28.6 Å². The molecule has 0 atom stereocenters. The van der Waals surface area contributed by atoms with E-state index in [4.69, 9.17) is 16.0 Å². The highest BCUT2D eigenvalue weighted by Crippen LogP contribution is 2.37. The number of thioether (sulfide) groups is 1. The second-order valence-corrected chi connectivity index (χ2v) is 7.61. The molecular formula is C17H11BrClNO6S. The van der Waals surface area contributed by atoms with E-state index in [1.54, 1.807) is 6.07 Å². The lowest BCUT2D eigenvalue weighted by Crippen LogP contribution is -2.27. The van der Waals surface area contributed by atoms with E-state index in [0.717, 1.165) is 16.7 Å². The summed E-state index contributed by atoms with van der Waals surface area (Å²) in [6.07, 6.45) is 1.50. The zero-order valence-electron chi connectivity index (χ0n) is 13.7. The van der Waals surface area contributed by atoms with Gasteiger partial charge in [-0.25, -0.2) is 4.79 Å². The van der Waals surface area contributed by atoms with Crippen LogP contribution in [0.1, 0.15) is 21.9 Å². The van der Waals surface area contributed by atoms with E-state index >= 15 is 0 Å². The van der Waals surface area contributed by atoms with Crippen molar-refractivity contribution in [3.8, 4) is 5.75 Å². The zero-order chi connectivity index (χ0) is 19.7. The molecule has 0 unspecified atom stereocenters. The molecule has 0 aliphatic carbocycles. The fraction of sp³-hybridized carbons (Fsp3) is 0.118. The van der Waals surface area contributed by atoms with Crippen LogP contribution in [0.25, 0.3) is 6.08 Å². The highest BCUT2D eigenvalue weighted by atomic mass is 79.9. The molecule has 7 nitrogen and oxygen atoms in total. The second-order valence-electron chi connectivity index (χ2n) is 5.36. The van der Waals surface area contributed by atoms with Gasteiger partial charge in [-0.1, -0.05) is 11.6 Å². The van der Waals surface area contributed by atoms with Crippen molar-refractivity contribution >= 4 is 62.5 Å². The van der Waals surface area contributed by atoms with E-state index in [2.05, 4.69) is 20.7 Å². The molecule has 1 aromatic carbocycles. The Morgan fingerprint density at radius 3 is 2.81 bits per heavy atom. The molecule has 1 aliphatic heterocycles. The van der Waals surface area contributed by atoms with Crippen molar-refractivity contribution in [3.63, 3.8) is 0 Å². The maximum absolute atomic E-state index is 12.5. The molecule has 0 bridgehead atoms. The third-order valence-electron chi connectivity index (χ3n) is 3.57. The predicted molar refractivity (Wildman–Crippen MR) is 102 cm³/mol. The highest BCUT2D eigenvalue weighted by molar-refractivity contribution is 9.10. The van der Waals surface area contributed by atoms with E-state index in [-0.39, 0.29) is 33.7 Å². The third kappa shape index (κ3) is 4.05. The van der Waals surface area contributed by atoms with Gasteiger partial charge in [0, 0.05) is 0 Å². The smallest absolute Gasteiger partial charge is 0.373 e. The summed E-state index contributed by atoms with van der Waals surface area (Å²) in [5.41, 5.74) is 0.543. The lowest BCUT2D eigenvalue weighted by molar-refractivity contribution is -0.123. The third-order valence-corrected chi connectivity index (χ3v) is 5.37. The number of ether oxygens (including phenoxy) is 1. The van der Waals surface area contributed by atoms with Crippen LogP contribution in [0.3, 0.4) is 0 Å². The van der Waals surface area contributed by atoms with Gasteiger partial charge in [0.2, 0.25) is 5.76 Å². The molecule has 3 rings (SSSR count). The number of nitrogens with zero attached hydrogens (tertiary/aromatic N) is 1. The highest BCUT2D eigenvalue weighted by Gasteiger charge is 2.35. The number of esters is 1. The fourth-order valence-electron chi connectivity index (χ4n) is 2.29. The molecule has 27 heavy (non-hydrogen) atoms. The number of methoxy groups -OCH3 is 1. The Bertz CT molecular complexity index is 963. The topological polar surface area (TPSA) is 97.0 Å². The van der Waals surface area contributed by atoms with E-state index in [9.17, 15) is 19.5 Å². The minimum atomic E-state index is -0.648. The molecule has 1 saturated heterocycles. The van der Waals surface area contributed by atoms with Crippen LogP contribution in [0.5, 0.6) is 5.75 Å². The summed E-state index contributed by atoms with van der Waals surface area (Å²) in [6.45, 7) is -0.112. The summed E-state index contributed by atoms with van der Waals surface area (Å²) in [7, 11) is 1.22. The SMILES string of the molecule is COC(=O)c1ccc(CN2C(=O)SC(=Cc3cc(Cl)c(O)c(Br)c3)C2=O)o1. The van der Waals surface area contributed by atoms with Gasteiger partial charge in [0.05, 0.1) is 28.1 Å². The Morgan fingerprint density at radius 1 is 1.41 bits per heavy atom. The molecule has 2 heterocycles. The number of phenolic OH excluding ortho intramolecular Hbond substituents is 1. The molecule has 1 aliphatic rings. The number of aromatic hydroxyl groups is 1. The van der Waals surface area contributed by atoms with E-state index in [1.807, 2.05) is 0 Å². The van der Waals surface area contributed by atoms with Crippen molar-refractivity contribution in [3.05, 3.63) is 55.7 Å². The maximum Gasteiger partial charge on any atom is 0.373 e. The van der Waals surface area contributed by atoms with Gasteiger partial charge in [0.15, 0.2) is 0 Å². The molecule has 1 fully saturated rings. The van der Waals surface area contributed by atoms with Gasteiger partial charge in [-0.2, -0.15) is 0 Å². The summed E-state index contributed by atoms with van der Waals surface area (Å²) in [5, 5.41) is 9.32. The molecule has 140 valence electrons. The summed E-state index contributed by atoms with van der Waals surface area (Å²) >= 11 is 9.86. The number of amides is 2. The summed E-state index contributed by atoms with van der Waals surface area (Å²) in [5.74, 6) is -1.000. The Hall–Kier alpha value is -2.23. The minimum Gasteiger partial charge on any atom is -0.505 e. The molecule has 2 amide bonds. The summed E-state index contributed by atoms with van der Waals surface area (Å²) in [6, 6.07) is 5.96. The Balaban J connectivity index is 1.81. The normalized spacial score (nSPS) is 15.7. The van der Waals surface area contributed by atoms with Crippen molar-refractivity contribution in [2.24, 2.45) is 0 Å². The largest absolute Gasteiger partial charge is 0.505 e. The first-order valence-electron chi connectivity index (χ1n) is 7.40. The van der Waals surface area contributed by atoms with Crippen LogP contribution in [-0.2, 0) is 16.1 Å². The van der Waals surface area contributed by atoms with Crippen LogP contribution in [0.2, 0.25) is 5.02 Å². The zero-order valence-corrected chi connectivity index (χ0v) is 16.9. The first-order chi connectivity index (χ1) is 12.8. The van der Waals surface area contributed by atoms with Gasteiger partial charge < -0.3 is 14.3 Å². The average Bonchev–Trinajstić information content (AvgIpc) is 3.20. The van der Waals surface area contributed by atoms with Gasteiger partial charge >= 0.3 is 5.97 Å². The number of rotatable bonds is 4. The maximum atomic E-state index is 12.5. The second kappa shape index (κ2) is 7.79. The van der Waals surface area contributed by atoms with Crippen molar-refractivity contribution in [1.29, 1.82) is 0 Å². The number of benzene rings is 1. The van der Waals surface area contributed by atoms with Crippen LogP contribution < -0.4 is 0 Å². The van der Waals surface area contributed by atoms with Crippen LogP contribution in [0, 0.1) is 0 Å². The van der Waals surface area contributed by atoms with E-state index in [0.29, 0.717) is 10.0 Å². The number of halogens is 2. The number of hydrogen-bond donors (Lipinski definition) is 1. The number of phenols is 1. The van der Waals surface area contributed by atoms with Crippen molar-refractivity contribution in [2.45, 2.75) is 6.54 Å². The molecule has 2 aromatic rings. The molecular weight excluding hydrogens is 462 g/mol. The minimum absolute atomic E-state index is 0.0152. The van der Waals surface area contributed by atoms with Crippen LogP contribution in [0.4, 0.5) is 4.79 Å². The van der Waals surface area contributed by atoms with E-state index < -0.39 is 17.1 Å². The Morgan fingerprint density at radius 2 is 2.15 bits per heavy atom. The Kier molecular flexibility index (Phi) is 5.64. The average molecular weight is 473 g/mol. The fourth-order valence-corrected chi connectivity index (χ4v) is 3.94. The predicted octanol–water partition coefficient (Wildman–Crippen LogP) is 4.42. The quantitative estimate of drug-likeness (QED) is 0.519.